The van der Waals surface area contributed by atoms with Crippen LogP contribution in [0.4, 0.5) is 5.69 Å². The summed E-state index contributed by atoms with van der Waals surface area (Å²) in [4.78, 5) is 12.1. The van der Waals surface area contributed by atoms with Crippen molar-refractivity contribution in [2.45, 2.75) is 25.3 Å². The predicted octanol–water partition coefficient (Wildman–Crippen LogP) is 3.42. The Bertz CT molecular complexity index is 607. The third-order valence-corrected chi connectivity index (χ3v) is 4.10. The van der Waals surface area contributed by atoms with Gasteiger partial charge in [-0.2, -0.15) is 0 Å². The van der Waals surface area contributed by atoms with E-state index in [9.17, 15) is 4.79 Å². The van der Waals surface area contributed by atoms with Crippen LogP contribution >= 0.6 is 0 Å². The number of hydrogen-bond acceptors (Lipinski definition) is 2. The van der Waals surface area contributed by atoms with Gasteiger partial charge in [0.05, 0.1) is 0 Å². The Morgan fingerprint density at radius 2 is 1.62 bits per heavy atom. The van der Waals surface area contributed by atoms with Crippen molar-refractivity contribution in [2.24, 2.45) is 11.7 Å². The molecule has 21 heavy (non-hydrogen) atoms. The zero-order valence-corrected chi connectivity index (χ0v) is 12.0. The molecule has 2 aromatic carbocycles. The fraction of sp³-hybridized carbons (Fsp3) is 0.278. The van der Waals surface area contributed by atoms with Crippen molar-refractivity contribution in [3.05, 3.63) is 54.6 Å². The third kappa shape index (κ3) is 3.31. The molecule has 1 amide bonds. The Morgan fingerprint density at radius 1 is 0.952 bits per heavy atom. The summed E-state index contributed by atoms with van der Waals surface area (Å²) in [5, 5.41) is 2.99. The number of nitrogens with one attached hydrogen (secondary N) is 1. The van der Waals surface area contributed by atoms with E-state index >= 15 is 0 Å². The summed E-state index contributed by atoms with van der Waals surface area (Å²) in [7, 11) is 0. The van der Waals surface area contributed by atoms with E-state index in [1.165, 1.54) is 5.56 Å². The second-order valence-corrected chi connectivity index (χ2v) is 5.70. The molecule has 0 bridgehead atoms. The Kier molecular flexibility index (Phi) is 4.02. The van der Waals surface area contributed by atoms with Crippen LogP contribution in [0, 0.1) is 5.92 Å². The molecule has 2 aromatic rings. The second-order valence-electron chi connectivity index (χ2n) is 5.70. The minimum absolute atomic E-state index is 0.0637. The monoisotopic (exact) mass is 280 g/mol. The number of hydrogen-bond donors (Lipinski definition) is 2. The average molecular weight is 280 g/mol. The number of carbonyl (C=O) groups excluding carboxylic acids is 1. The molecule has 1 saturated carbocycles. The topological polar surface area (TPSA) is 55.1 Å². The van der Waals surface area contributed by atoms with Gasteiger partial charge in [0.2, 0.25) is 5.91 Å². The van der Waals surface area contributed by atoms with Gasteiger partial charge in [-0.05, 0) is 42.5 Å². The van der Waals surface area contributed by atoms with Crippen molar-refractivity contribution >= 4 is 11.6 Å². The van der Waals surface area contributed by atoms with Crippen LogP contribution in [-0.2, 0) is 4.79 Å². The van der Waals surface area contributed by atoms with Crippen LogP contribution in [0.5, 0.6) is 0 Å². The maximum atomic E-state index is 12.1. The fourth-order valence-corrected chi connectivity index (χ4v) is 2.88. The molecule has 1 aliphatic rings. The molecule has 0 aliphatic heterocycles. The van der Waals surface area contributed by atoms with Gasteiger partial charge in [-0.1, -0.05) is 42.5 Å². The highest BCUT2D eigenvalue weighted by atomic mass is 16.1. The summed E-state index contributed by atoms with van der Waals surface area (Å²) >= 11 is 0. The molecule has 0 spiro atoms. The third-order valence-electron chi connectivity index (χ3n) is 4.10. The van der Waals surface area contributed by atoms with Gasteiger partial charge in [0.15, 0.2) is 0 Å². The van der Waals surface area contributed by atoms with Crippen LogP contribution < -0.4 is 11.1 Å². The SMILES string of the molecule is N[C@H]1CC[C@@H](C(=O)Nc2ccc(-c3ccccc3)cc2)C1. The summed E-state index contributed by atoms with van der Waals surface area (Å²) in [5.74, 6) is 0.157. The lowest BCUT2D eigenvalue weighted by Gasteiger charge is -2.11. The van der Waals surface area contributed by atoms with Crippen LogP contribution in [0.3, 0.4) is 0 Å². The minimum Gasteiger partial charge on any atom is -0.328 e. The summed E-state index contributed by atoms with van der Waals surface area (Å²) in [6.07, 6.45) is 2.65. The Balaban J connectivity index is 1.66. The molecule has 3 nitrogen and oxygen atoms in total. The number of amides is 1. The van der Waals surface area contributed by atoms with E-state index in [1.54, 1.807) is 0 Å². The van der Waals surface area contributed by atoms with E-state index in [0.717, 1.165) is 30.5 Å². The summed E-state index contributed by atoms with van der Waals surface area (Å²) in [6.45, 7) is 0. The first-order valence-corrected chi connectivity index (χ1v) is 7.44. The standard InChI is InChI=1S/C18H20N2O/c19-16-9-6-15(12-16)18(21)20-17-10-7-14(8-11-17)13-4-2-1-3-5-13/h1-5,7-8,10-11,15-16H,6,9,12,19H2,(H,20,21)/t15-,16+/m1/s1. The number of rotatable bonds is 3. The van der Waals surface area contributed by atoms with Crippen LogP contribution in [0.25, 0.3) is 11.1 Å². The number of benzene rings is 2. The van der Waals surface area contributed by atoms with Crippen molar-refractivity contribution < 1.29 is 4.79 Å². The number of anilines is 1. The molecular weight excluding hydrogens is 260 g/mol. The number of nitrogens with two attached hydrogens (primary N) is 1. The molecule has 1 aliphatic carbocycles. The predicted molar refractivity (Wildman–Crippen MR) is 85.8 cm³/mol. The lowest BCUT2D eigenvalue weighted by Crippen LogP contribution is -2.23. The van der Waals surface area contributed by atoms with Crippen molar-refractivity contribution in [3.8, 4) is 11.1 Å². The molecule has 0 radical (unpaired) electrons. The van der Waals surface area contributed by atoms with E-state index in [1.807, 2.05) is 42.5 Å². The minimum atomic E-state index is 0.0637. The van der Waals surface area contributed by atoms with E-state index in [0.29, 0.717) is 0 Å². The normalized spacial score (nSPS) is 21.2. The van der Waals surface area contributed by atoms with Gasteiger partial charge in [-0.3, -0.25) is 4.79 Å². The maximum absolute atomic E-state index is 12.1. The molecule has 3 heteroatoms. The highest BCUT2D eigenvalue weighted by Crippen LogP contribution is 2.26. The largest absolute Gasteiger partial charge is 0.328 e. The van der Waals surface area contributed by atoms with Crippen LogP contribution in [0.15, 0.2) is 54.6 Å². The highest BCUT2D eigenvalue weighted by Gasteiger charge is 2.27. The first-order chi connectivity index (χ1) is 10.2. The molecule has 3 rings (SSSR count). The van der Waals surface area contributed by atoms with Crippen LogP contribution in [0.1, 0.15) is 19.3 Å². The van der Waals surface area contributed by atoms with Gasteiger partial charge in [-0.15, -0.1) is 0 Å². The lowest BCUT2D eigenvalue weighted by atomic mass is 10.0. The average Bonchev–Trinajstić information content (AvgIpc) is 2.96. The van der Waals surface area contributed by atoms with Gasteiger partial charge in [0.1, 0.15) is 0 Å². The van der Waals surface area contributed by atoms with E-state index in [4.69, 9.17) is 5.73 Å². The molecule has 2 atom stereocenters. The molecular formula is C18H20N2O. The first-order valence-electron chi connectivity index (χ1n) is 7.44. The molecule has 0 saturated heterocycles. The molecule has 0 unspecified atom stereocenters. The van der Waals surface area contributed by atoms with Crippen molar-refractivity contribution in [3.63, 3.8) is 0 Å². The fourth-order valence-electron chi connectivity index (χ4n) is 2.88. The van der Waals surface area contributed by atoms with Crippen molar-refractivity contribution in [1.29, 1.82) is 0 Å². The Morgan fingerprint density at radius 3 is 2.24 bits per heavy atom. The van der Waals surface area contributed by atoms with Crippen molar-refractivity contribution in [2.75, 3.05) is 5.32 Å². The van der Waals surface area contributed by atoms with Gasteiger partial charge >= 0.3 is 0 Å². The van der Waals surface area contributed by atoms with Gasteiger partial charge in [-0.25, -0.2) is 0 Å². The summed E-state index contributed by atoms with van der Waals surface area (Å²) < 4.78 is 0. The molecule has 0 heterocycles. The zero-order chi connectivity index (χ0) is 14.7. The Hall–Kier alpha value is -2.13. The molecule has 3 N–H and O–H groups in total. The van der Waals surface area contributed by atoms with Crippen LogP contribution in [-0.4, -0.2) is 11.9 Å². The zero-order valence-electron chi connectivity index (χ0n) is 12.0. The second kappa shape index (κ2) is 6.10. The van der Waals surface area contributed by atoms with Gasteiger partial charge < -0.3 is 11.1 Å². The van der Waals surface area contributed by atoms with Crippen LogP contribution in [0.2, 0.25) is 0 Å². The first kappa shape index (κ1) is 13.8. The van der Waals surface area contributed by atoms with E-state index in [2.05, 4.69) is 17.4 Å². The molecule has 0 aromatic heterocycles. The van der Waals surface area contributed by atoms with Crippen molar-refractivity contribution in [1.82, 2.24) is 0 Å². The summed E-state index contributed by atoms with van der Waals surface area (Å²) in [6, 6.07) is 18.4. The Labute approximate surface area is 125 Å². The molecule has 108 valence electrons. The van der Waals surface area contributed by atoms with Gasteiger partial charge in [0.25, 0.3) is 0 Å². The van der Waals surface area contributed by atoms with Gasteiger partial charge in [0, 0.05) is 17.6 Å². The smallest absolute Gasteiger partial charge is 0.227 e. The lowest BCUT2D eigenvalue weighted by molar-refractivity contribution is -0.119. The summed E-state index contributed by atoms with van der Waals surface area (Å²) in [5.41, 5.74) is 9.04. The number of carbonyl (C=O) groups is 1. The molecule has 1 fully saturated rings. The highest BCUT2D eigenvalue weighted by molar-refractivity contribution is 5.93. The van der Waals surface area contributed by atoms with E-state index < -0.39 is 0 Å². The maximum Gasteiger partial charge on any atom is 0.227 e. The van der Waals surface area contributed by atoms with E-state index in [-0.39, 0.29) is 17.9 Å². The quantitative estimate of drug-likeness (QED) is 0.905.